The van der Waals surface area contributed by atoms with E-state index in [4.69, 9.17) is 0 Å². The number of nitrogens with zero attached hydrogens (tertiary/aromatic N) is 1. The Morgan fingerprint density at radius 1 is 1.33 bits per heavy atom. The molecule has 1 amide bonds. The summed E-state index contributed by atoms with van der Waals surface area (Å²) in [4.78, 5) is 12.2. The second-order valence-corrected chi connectivity index (χ2v) is 6.23. The van der Waals surface area contributed by atoms with Crippen LogP contribution in [0.1, 0.15) is 34.9 Å². The molecule has 1 aliphatic rings. The molecule has 0 saturated heterocycles. The standard InChI is InChI=1S/C16H16BrFN2O/c17-12-9-15(20(10-12)14-5-6-14)16(21)19-8-7-11-1-3-13(18)4-2-11/h1-4,9-10,14H,5-8H2,(H,19,21). The zero-order valence-corrected chi connectivity index (χ0v) is 13.1. The highest BCUT2D eigenvalue weighted by Gasteiger charge is 2.27. The summed E-state index contributed by atoms with van der Waals surface area (Å²) >= 11 is 3.42. The van der Waals surface area contributed by atoms with Gasteiger partial charge in [0.1, 0.15) is 11.5 Å². The molecule has 1 heterocycles. The van der Waals surface area contributed by atoms with E-state index >= 15 is 0 Å². The highest BCUT2D eigenvalue weighted by molar-refractivity contribution is 9.10. The molecule has 1 N–H and O–H groups in total. The van der Waals surface area contributed by atoms with Crippen molar-refractivity contribution in [2.24, 2.45) is 0 Å². The second-order valence-electron chi connectivity index (χ2n) is 5.31. The molecule has 0 radical (unpaired) electrons. The van der Waals surface area contributed by atoms with Crippen LogP contribution in [0.15, 0.2) is 41.0 Å². The number of hydrogen-bond acceptors (Lipinski definition) is 1. The van der Waals surface area contributed by atoms with Crippen molar-refractivity contribution in [1.82, 2.24) is 9.88 Å². The van der Waals surface area contributed by atoms with Crippen molar-refractivity contribution in [3.8, 4) is 0 Å². The molecule has 1 fully saturated rings. The normalized spacial score (nSPS) is 14.2. The van der Waals surface area contributed by atoms with E-state index in [9.17, 15) is 9.18 Å². The van der Waals surface area contributed by atoms with Crippen molar-refractivity contribution in [2.75, 3.05) is 6.54 Å². The molecule has 1 saturated carbocycles. The van der Waals surface area contributed by atoms with Gasteiger partial charge >= 0.3 is 0 Å². The number of carbonyl (C=O) groups is 1. The van der Waals surface area contributed by atoms with E-state index in [0.717, 1.165) is 22.9 Å². The molecule has 1 aliphatic carbocycles. The highest BCUT2D eigenvalue weighted by Crippen LogP contribution is 2.37. The molecule has 3 nitrogen and oxygen atoms in total. The predicted octanol–water partition coefficient (Wildman–Crippen LogP) is 3.70. The van der Waals surface area contributed by atoms with Crippen molar-refractivity contribution in [2.45, 2.75) is 25.3 Å². The highest BCUT2D eigenvalue weighted by atomic mass is 79.9. The quantitative estimate of drug-likeness (QED) is 0.876. The van der Waals surface area contributed by atoms with Crippen molar-refractivity contribution in [3.05, 3.63) is 58.1 Å². The fourth-order valence-electron chi connectivity index (χ4n) is 2.34. The average molecular weight is 351 g/mol. The molecule has 2 aromatic rings. The largest absolute Gasteiger partial charge is 0.350 e. The molecule has 1 aromatic heterocycles. The van der Waals surface area contributed by atoms with Gasteiger partial charge in [-0.25, -0.2) is 4.39 Å². The zero-order chi connectivity index (χ0) is 14.8. The Balaban J connectivity index is 1.58. The molecule has 0 atom stereocenters. The maximum absolute atomic E-state index is 12.8. The molecule has 110 valence electrons. The number of nitrogens with one attached hydrogen (secondary N) is 1. The van der Waals surface area contributed by atoms with Crippen LogP contribution in [0.2, 0.25) is 0 Å². The summed E-state index contributed by atoms with van der Waals surface area (Å²) in [7, 11) is 0. The first kappa shape index (κ1) is 14.3. The van der Waals surface area contributed by atoms with Crippen LogP contribution >= 0.6 is 15.9 Å². The second kappa shape index (κ2) is 6.02. The Kier molecular flexibility index (Phi) is 4.10. The maximum atomic E-state index is 12.8. The molecule has 1 aromatic carbocycles. The Hall–Kier alpha value is -1.62. The SMILES string of the molecule is O=C(NCCc1ccc(F)cc1)c1cc(Br)cn1C1CC1. The Morgan fingerprint density at radius 3 is 2.71 bits per heavy atom. The van der Waals surface area contributed by atoms with Gasteiger partial charge in [0, 0.05) is 23.3 Å². The van der Waals surface area contributed by atoms with Gasteiger partial charge in [-0.15, -0.1) is 0 Å². The van der Waals surface area contributed by atoms with E-state index in [2.05, 4.69) is 21.2 Å². The van der Waals surface area contributed by atoms with Crippen molar-refractivity contribution < 1.29 is 9.18 Å². The van der Waals surface area contributed by atoms with Crippen LogP contribution in [0.4, 0.5) is 4.39 Å². The molecule has 0 unspecified atom stereocenters. The lowest BCUT2D eigenvalue weighted by Crippen LogP contribution is -2.27. The molecule has 5 heteroatoms. The summed E-state index contributed by atoms with van der Waals surface area (Å²) in [5.41, 5.74) is 1.71. The summed E-state index contributed by atoms with van der Waals surface area (Å²) in [5, 5.41) is 2.92. The summed E-state index contributed by atoms with van der Waals surface area (Å²) in [6.45, 7) is 0.540. The number of aromatic nitrogens is 1. The minimum Gasteiger partial charge on any atom is -0.350 e. The van der Waals surface area contributed by atoms with E-state index in [1.165, 1.54) is 12.1 Å². The molecule has 0 spiro atoms. The maximum Gasteiger partial charge on any atom is 0.267 e. The van der Waals surface area contributed by atoms with Gasteiger partial charge in [-0.2, -0.15) is 0 Å². The Labute approximate surface area is 131 Å². The lowest BCUT2D eigenvalue weighted by molar-refractivity contribution is 0.0944. The van der Waals surface area contributed by atoms with Gasteiger partial charge in [-0.05, 0) is 59.0 Å². The van der Waals surface area contributed by atoms with Crippen LogP contribution < -0.4 is 5.32 Å². The van der Waals surface area contributed by atoms with Crippen LogP contribution in [0, 0.1) is 5.82 Å². The van der Waals surface area contributed by atoms with E-state index < -0.39 is 0 Å². The fraction of sp³-hybridized carbons (Fsp3) is 0.312. The van der Waals surface area contributed by atoms with Gasteiger partial charge in [-0.1, -0.05) is 12.1 Å². The van der Waals surface area contributed by atoms with Crippen LogP contribution in [-0.2, 0) is 6.42 Å². The summed E-state index contributed by atoms with van der Waals surface area (Å²) in [6, 6.07) is 8.68. The topological polar surface area (TPSA) is 34.0 Å². The van der Waals surface area contributed by atoms with Gasteiger partial charge in [0.05, 0.1) is 0 Å². The Bertz CT molecular complexity index is 647. The summed E-state index contributed by atoms with van der Waals surface area (Å²) < 4.78 is 15.8. The van der Waals surface area contributed by atoms with E-state index in [1.54, 1.807) is 12.1 Å². The first-order valence-electron chi connectivity index (χ1n) is 7.03. The molecule has 0 bridgehead atoms. The lowest BCUT2D eigenvalue weighted by atomic mass is 10.1. The molecular weight excluding hydrogens is 335 g/mol. The van der Waals surface area contributed by atoms with Gasteiger partial charge in [0.25, 0.3) is 5.91 Å². The van der Waals surface area contributed by atoms with Crippen LogP contribution in [0.5, 0.6) is 0 Å². The number of halogens is 2. The monoisotopic (exact) mass is 350 g/mol. The number of rotatable bonds is 5. The molecular formula is C16H16BrFN2O. The summed E-state index contributed by atoms with van der Waals surface area (Å²) in [6.07, 6.45) is 4.93. The molecule has 21 heavy (non-hydrogen) atoms. The van der Waals surface area contributed by atoms with Gasteiger partial charge in [-0.3, -0.25) is 4.79 Å². The van der Waals surface area contributed by atoms with Crippen molar-refractivity contribution in [1.29, 1.82) is 0 Å². The van der Waals surface area contributed by atoms with Gasteiger partial charge in [0.15, 0.2) is 0 Å². The smallest absolute Gasteiger partial charge is 0.267 e. The predicted molar refractivity (Wildman–Crippen MR) is 82.8 cm³/mol. The van der Waals surface area contributed by atoms with Gasteiger partial charge < -0.3 is 9.88 Å². The van der Waals surface area contributed by atoms with E-state index in [-0.39, 0.29) is 11.7 Å². The van der Waals surface area contributed by atoms with E-state index in [1.807, 2.05) is 16.8 Å². The third kappa shape index (κ3) is 3.53. The Morgan fingerprint density at radius 2 is 2.05 bits per heavy atom. The number of hydrogen-bond donors (Lipinski definition) is 1. The number of amides is 1. The van der Waals surface area contributed by atoms with Crippen LogP contribution in [-0.4, -0.2) is 17.0 Å². The molecule has 0 aliphatic heterocycles. The van der Waals surface area contributed by atoms with Crippen LogP contribution in [0.25, 0.3) is 0 Å². The average Bonchev–Trinajstić information content (AvgIpc) is 3.23. The third-order valence-corrected chi connectivity index (χ3v) is 4.03. The number of benzene rings is 1. The van der Waals surface area contributed by atoms with Crippen LogP contribution in [0.3, 0.4) is 0 Å². The third-order valence-electron chi connectivity index (χ3n) is 3.60. The molecule has 3 rings (SSSR count). The number of carbonyl (C=O) groups excluding carboxylic acids is 1. The van der Waals surface area contributed by atoms with Crippen molar-refractivity contribution >= 4 is 21.8 Å². The van der Waals surface area contributed by atoms with Gasteiger partial charge in [0.2, 0.25) is 0 Å². The first-order chi connectivity index (χ1) is 10.1. The minimum absolute atomic E-state index is 0.0605. The summed E-state index contributed by atoms with van der Waals surface area (Å²) in [5.74, 6) is -0.301. The fourth-order valence-corrected chi connectivity index (χ4v) is 2.78. The first-order valence-corrected chi connectivity index (χ1v) is 7.83. The zero-order valence-electron chi connectivity index (χ0n) is 11.5. The minimum atomic E-state index is -0.241. The van der Waals surface area contributed by atoms with E-state index in [0.29, 0.717) is 24.7 Å². The lowest BCUT2D eigenvalue weighted by Gasteiger charge is -2.08. The van der Waals surface area contributed by atoms with Crippen molar-refractivity contribution in [3.63, 3.8) is 0 Å².